The largest absolute Gasteiger partial charge is 0.373 e. The van der Waals surface area contributed by atoms with Crippen molar-refractivity contribution < 1.29 is 9.26 Å². The van der Waals surface area contributed by atoms with Gasteiger partial charge in [-0.15, -0.1) is 0 Å². The molecular formula is C11H21N3O2. The molecule has 0 aliphatic heterocycles. The van der Waals surface area contributed by atoms with E-state index in [0.29, 0.717) is 30.7 Å². The molecule has 92 valence electrons. The lowest BCUT2D eigenvalue weighted by Crippen LogP contribution is -2.28. The zero-order valence-electron chi connectivity index (χ0n) is 10.3. The van der Waals surface area contributed by atoms with Crippen molar-refractivity contribution in [3.8, 4) is 0 Å². The van der Waals surface area contributed by atoms with Crippen LogP contribution in [0.15, 0.2) is 4.52 Å². The van der Waals surface area contributed by atoms with Gasteiger partial charge in [0.1, 0.15) is 6.61 Å². The van der Waals surface area contributed by atoms with Gasteiger partial charge in [0.05, 0.1) is 0 Å². The van der Waals surface area contributed by atoms with Gasteiger partial charge in [-0.2, -0.15) is 4.98 Å². The first-order valence-corrected chi connectivity index (χ1v) is 5.78. The van der Waals surface area contributed by atoms with Crippen molar-refractivity contribution in [2.45, 2.75) is 46.3 Å². The zero-order valence-corrected chi connectivity index (χ0v) is 10.3. The Bertz CT molecular complexity index is 299. The summed E-state index contributed by atoms with van der Waals surface area (Å²) in [6.45, 7) is 7.34. The number of hydrogen-bond acceptors (Lipinski definition) is 5. The maximum Gasteiger partial charge on any atom is 0.228 e. The van der Waals surface area contributed by atoms with Crippen LogP contribution in [0.5, 0.6) is 0 Å². The van der Waals surface area contributed by atoms with Gasteiger partial charge in [-0.1, -0.05) is 25.9 Å². The highest BCUT2D eigenvalue weighted by Crippen LogP contribution is 2.07. The van der Waals surface area contributed by atoms with E-state index in [4.69, 9.17) is 15.0 Å². The van der Waals surface area contributed by atoms with E-state index in [0.717, 1.165) is 13.0 Å². The molecule has 0 amide bonds. The molecule has 1 rings (SSSR count). The Hall–Kier alpha value is -0.940. The molecule has 0 aliphatic rings. The standard InChI is InChI=1S/C11H21N3O2/c1-4-5-15-7-10-13-11(16-14-10)6-9(12)8(2)3/h8-9H,4-7,12H2,1-3H3. The fourth-order valence-corrected chi connectivity index (χ4v) is 1.18. The SMILES string of the molecule is CCCOCc1noc(CC(N)C(C)C)n1. The van der Waals surface area contributed by atoms with Gasteiger partial charge in [0.25, 0.3) is 0 Å². The molecule has 0 fully saturated rings. The van der Waals surface area contributed by atoms with Crippen LogP contribution in [0.1, 0.15) is 38.9 Å². The molecule has 1 aromatic heterocycles. The topological polar surface area (TPSA) is 74.2 Å². The minimum Gasteiger partial charge on any atom is -0.373 e. The quantitative estimate of drug-likeness (QED) is 0.715. The van der Waals surface area contributed by atoms with Crippen molar-refractivity contribution in [3.63, 3.8) is 0 Å². The number of aromatic nitrogens is 2. The van der Waals surface area contributed by atoms with Gasteiger partial charge in [-0.3, -0.25) is 0 Å². The van der Waals surface area contributed by atoms with Crippen molar-refractivity contribution in [1.29, 1.82) is 0 Å². The summed E-state index contributed by atoms with van der Waals surface area (Å²) in [5.41, 5.74) is 5.92. The molecule has 0 bridgehead atoms. The highest BCUT2D eigenvalue weighted by molar-refractivity contribution is 4.88. The Kier molecular flexibility index (Phi) is 5.42. The minimum atomic E-state index is 0.0601. The molecule has 1 unspecified atom stereocenters. The van der Waals surface area contributed by atoms with Crippen molar-refractivity contribution in [3.05, 3.63) is 11.7 Å². The van der Waals surface area contributed by atoms with Gasteiger partial charge in [0, 0.05) is 19.1 Å². The molecule has 1 aromatic rings. The van der Waals surface area contributed by atoms with Crippen LogP contribution in [0.25, 0.3) is 0 Å². The molecule has 16 heavy (non-hydrogen) atoms. The molecule has 0 radical (unpaired) electrons. The van der Waals surface area contributed by atoms with Crippen LogP contribution in [0, 0.1) is 5.92 Å². The monoisotopic (exact) mass is 227 g/mol. The van der Waals surface area contributed by atoms with Crippen molar-refractivity contribution in [2.75, 3.05) is 6.61 Å². The average Bonchev–Trinajstić information content (AvgIpc) is 2.66. The third-order valence-corrected chi connectivity index (χ3v) is 2.36. The van der Waals surface area contributed by atoms with Crippen molar-refractivity contribution in [2.24, 2.45) is 11.7 Å². The summed E-state index contributed by atoms with van der Waals surface area (Å²) in [6, 6.07) is 0.0601. The molecule has 0 saturated carbocycles. The lowest BCUT2D eigenvalue weighted by molar-refractivity contribution is 0.114. The lowest BCUT2D eigenvalue weighted by atomic mass is 10.0. The Morgan fingerprint density at radius 1 is 1.44 bits per heavy atom. The van der Waals surface area contributed by atoms with E-state index in [9.17, 15) is 0 Å². The predicted octanol–water partition coefficient (Wildman–Crippen LogP) is 1.52. The van der Waals surface area contributed by atoms with Crippen molar-refractivity contribution in [1.82, 2.24) is 10.1 Å². The summed E-state index contributed by atoms with van der Waals surface area (Å²) in [4.78, 5) is 4.22. The average molecular weight is 227 g/mol. The van der Waals surface area contributed by atoms with E-state index in [1.807, 2.05) is 0 Å². The summed E-state index contributed by atoms with van der Waals surface area (Å²) < 4.78 is 10.4. The van der Waals surface area contributed by atoms with Crippen LogP contribution in [0.2, 0.25) is 0 Å². The normalized spacial score (nSPS) is 13.3. The molecule has 0 spiro atoms. The second-order valence-electron chi connectivity index (χ2n) is 4.27. The maximum atomic E-state index is 5.92. The first-order valence-electron chi connectivity index (χ1n) is 5.78. The zero-order chi connectivity index (χ0) is 12.0. The lowest BCUT2D eigenvalue weighted by Gasteiger charge is -2.11. The molecule has 0 aliphatic carbocycles. The minimum absolute atomic E-state index is 0.0601. The maximum absolute atomic E-state index is 5.92. The second kappa shape index (κ2) is 6.60. The number of rotatable bonds is 7. The molecular weight excluding hydrogens is 206 g/mol. The van der Waals surface area contributed by atoms with E-state index in [2.05, 4.69) is 30.9 Å². The molecule has 1 atom stereocenters. The first kappa shape index (κ1) is 13.1. The Morgan fingerprint density at radius 3 is 2.81 bits per heavy atom. The molecule has 5 nitrogen and oxygen atoms in total. The number of ether oxygens (including phenoxy) is 1. The number of hydrogen-bond donors (Lipinski definition) is 1. The number of nitrogens with zero attached hydrogens (tertiary/aromatic N) is 2. The summed E-state index contributed by atoms with van der Waals surface area (Å²) in [5.74, 6) is 1.60. The van der Waals surface area contributed by atoms with Gasteiger partial charge < -0.3 is 15.0 Å². The molecule has 1 heterocycles. The van der Waals surface area contributed by atoms with Gasteiger partial charge in [-0.25, -0.2) is 0 Å². The van der Waals surface area contributed by atoms with E-state index >= 15 is 0 Å². The van der Waals surface area contributed by atoms with Crippen LogP contribution >= 0.6 is 0 Å². The summed E-state index contributed by atoms with van der Waals surface area (Å²) in [5, 5.41) is 3.83. The Balaban J connectivity index is 2.39. The van der Waals surface area contributed by atoms with Crippen LogP contribution in [-0.4, -0.2) is 22.8 Å². The third kappa shape index (κ3) is 4.28. The highest BCUT2D eigenvalue weighted by atomic mass is 16.5. The van der Waals surface area contributed by atoms with Gasteiger partial charge >= 0.3 is 0 Å². The Morgan fingerprint density at radius 2 is 2.19 bits per heavy atom. The first-order chi connectivity index (χ1) is 7.63. The van der Waals surface area contributed by atoms with Gasteiger partial charge in [-0.05, 0) is 12.3 Å². The van der Waals surface area contributed by atoms with E-state index in [-0.39, 0.29) is 6.04 Å². The smallest absolute Gasteiger partial charge is 0.228 e. The fourth-order valence-electron chi connectivity index (χ4n) is 1.18. The van der Waals surface area contributed by atoms with Gasteiger partial charge in [0.15, 0.2) is 5.82 Å². The van der Waals surface area contributed by atoms with Crippen LogP contribution < -0.4 is 5.73 Å². The summed E-state index contributed by atoms with van der Waals surface area (Å²) in [7, 11) is 0. The van der Waals surface area contributed by atoms with Crippen LogP contribution in [0.4, 0.5) is 0 Å². The molecule has 2 N–H and O–H groups in total. The summed E-state index contributed by atoms with van der Waals surface area (Å²) in [6.07, 6.45) is 1.61. The van der Waals surface area contributed by atoms with Crippen LogP contribution in [-0.2, 0) is 17.8 Å². The van der Waals surface area contributed by atoms with Crippen LogP contribution in [0.3, 0.4) is 0 Å². The van der Waals surface area contributed by atoms with E-state index < -0.39 is 0 Å². The molecule has 0 aromatic carbocycles. The summed E-state index contributed by atoms with van der Waals surface area (Å²) >= 11 is 0. The second-order valence-corrected chi connectivity index (χ2v) is 4.27. The number of nitrogens with two attached hydrogens (primary N) is 1. The third-order valence-electron chi connectivity index (χ3n) is 2.36. The Labute approximate surface area is 96.4 Å². The molecule has 0 saturated heterocycles. The van der Waals surface area contributed by atoms with Gasteiger partial charge in [0.2, 0.25) is 5.89 Å². The fraction of sp³-hybridized carbons (Fsp3) is 0.818. The predicted molar refractivity (Wildman–Crippen MR) is 60.8 cm³/mol. The van der Waals surface area contributed by atoms with E-state index in [1.165, 1.54) is 0 Å². The van der Waals surface area contributed by atoms with E-state index in [1.54, 1.807) is 0 Å². The van der Waals surface area contributed by atoms with Crippen molar-refractivity contribution >= 4 is 0 Å². The molecule has 5 heteroatoms. The highest BCUT2D eigenvalue weighted by Gasteiger charge is 2.13.